The molecule has 0 aliphatic heterocycles. The topological polar surface area (TPSA) is 29.1 Å². The van der Waals surface area contributed by atoms with Gasteiger partial charge in [-0.1, -0.05) is 24.3 Å². The van der Waals surface area contributed by atoms with Crippen LogP contribution in [0.4, 0.5) is 0 Å². The number of hydrogen-bond acceptors (Lipinski definition) is 1. The first-order valence-corrected chi connectivity index (χ1v) is 8.05. The van der Waals surface area contributed by atoms with Crippen LogP contribution >= 0.6 is 0 Å². The lowest BCUT2D eigenvalue weighted by Crippen LogP contribution is -2.52. The summed E-state index contributed by atoms with van der Waals surface area (Å²) in [4.78, 5) is 10.6. The van der Waals surface area contributed by atoms with Crippen molar-refractivity contribution in [3.05, 3.63) is 50.6 Å². The zero-order valence-corrected chi connectivity index (χ0v) is 10.8. The Morgan fingerprint density at radius 3 is 1.69 bits per heavy atom. The second-order valence-electron chi connectivity index (χ2n) is 3.84. The summed E-state index contributed by atoms with van der Waals surface area (Å²) >= 11 is 0. The van der Waals surface area contributed by atoms with Gasteiger partial charge in [0.25, 0.3) is 0 Å². The molecule has 0 aliphatic rings. The van der Waals surface area contributed by atoms with Gasteiger partial charge in [-0.2, -0.15) is 0 Å². The normalized spacial score (nSPS) is 12.2. The summed E-state index contributed by atoms with van der Waals surface area (Å²) < 4.78 is 0. The monoisotopic (exact) mass is 235 g/mol. The summed E-state index contributed by atoms with van der Waals surface area (Å²) in [6, 6.07) is 2.76. The average Bonchev–Trinajstić information content (AvgIpc) is 2.26. The summed E-state index contributed by atoms with van der Waals surface area (Å²) in [5.74, 6) is 0. The van der Waals surface area contributed by atoms with Crippen LogP contribution in [0.25, 0.3) is 0 Å². The van der Waals surface area contributed by atoms with E-state index >= 15 is 0 Å². The largest absolute Gasteiger partial charge is 0.355 e. The standard InChI is InChI=1S/C13H21NOSi/c1-5-9-16(10-6-2,11-7-3)13(8-4)14-12-15/h5-8,12-13H,1-4,9-11H2,(H,14,15). The van der Waals surface area contributed by atoms with Crippen molar-refractivity contribution >= 4 is 14.5 Å². The summed E-state index contributed by atoms with van der Waals surface area (Å²) in [6.45, 7) is 15.2. The van der Waals surface area contributed by atoms with E-state index in [2.05, 4.69) is 31.6 Å². The Balaban J connectivity index is 5.13. The van der Waals surface area contributed by atoms with E-state index in [-0.39, 0.29) is 5.67 Å². The fourth-order valence-corrected chi connectivity index (χ4v) is 5.97. The molecule has 0 heterocycles. The molecule has 16 heavy (non-hydrogen) atoms. The molecule has 2 nitrogen and oxygen atoms in total. The van der Waals surface area contributed by atoms with Crippen LogP contribution in [0.1, 0.15) is 0 Å². The molecule has 0 saturated carbocycles. The lowest BCUT2D eigenvalue weighted by Gasteiger charge is -2.35. The second-order valence-corrected chi connectivity index (χ2v) is 8.41. The maximum absolute atomic E-state index is 10.6. The molecular formula is C13H21NOSi. The average molecular weight is 235 g/mol. The molecule has 0 spiro atoms. The van der Waals surface area contributed by atoms with Gasteiger partial charge in [-0.05, 0) is 18.1 Å². The minimum atomic E-state index is -1.76. The molecule has 0 fully saturated rings. The van der Waals surface area contributed by atoms with Gasteiger partial charge < -0.3 is 5.32 Å². The molecule has 0 aromatic rings. The number of nitrogens with one attached hydrogen (secondary N) is 1. The van der Waals surface area contributed by atoms with Crippen LogP contribution in [0.5, 0.6) is 0 Å². The molecule has 0 radical (unpaired) electrons. The highest BCUT2D eigenvalue weighted by Crippen LogP contribution is 2.27. The molecule has 0 saturated heterocycles. The van der Waals surface area contributed by atoms with Gasteiger partial charge in [-0.25, -0.2) is 0 Å². The third-order valence-corrected chi connectivity index (χ3v) is 7.82. The Morgan fingerprint density at radius 1 is 1.00 bits per heavy atom. The fourth-order valence-electron chi connectivity index (χ4n) is 2.06. The molecule has 1 atom stereocenters. The van der Waals surface area contributed by atoms with E-state index in [9.17, 15) is 4.79 Å². The predicted octanol–water partition coefficient (Wildman–Crippen LogP) is 2.83. The Hall–Kier alpha value is -1.35. The number of carbonyl (C=O) groups excluding carboxylic acids is 1. The SMILES string of the molecule is C=CC[Si](CC=C)(CC=C)C(C=C)NC=O. The lowest BCUT2D eigenvalue weighted by atomic mass is 10.6. The maximum atomic E-state index is 10.6. The minimum Gasteiger partial charge on any atom is -0.355 e. The van der Waals surface area contributed by atoms with Gasteiger partial charge in [0.2, 0.25) is 6.41 Å². The molecule has 0 aliphatic carbocycles. The Kier molecular flexibility index (Phi) is 7.21. The number of carbonyl (C=O) groups is 1. The van der Waals surface area contributed by atoms with Crippen LogP contribution in [0.3, 0.4) is 0 Å². The number of amides is 1. The van der Waals surface area contributed by atoms with Crippen molar-refractivity contribution in [2.75, 3.05) is 0 Å². The van der Waals surface area contributed by atoms with Crippen LogP contribution in [0.15, 0.2) is 50.6 Å². The van der Waals surface area contributed by atoms with Crippen molar-refractivity contribution in [2.45, 2.75) is 23.8 Å². The Labute approximate surface area is 99.5 Å². The summed E-state index contributed by atoms with van der Waals surface area (Å²) in [7, 11) is -1.76. The van der Waals surface area contributed by atoms with E-state index in [0.717, 1.165) is 24.5 Å². The zero-order valence-electron chi connectivity index (χ0n) is 9.82. The molecule has 0 bridgehead atoms. The first-order valence-electron chi connectivity index (χ1n) is 5.35. The van der Waals surface area contributed by atoms with Crippen molar-refractivity contribution in [3.8, 4) is 0 Å². The molecule has 88 valence electrons. The van der Waals surface area contributed by atoms with E-state index in [0.29, 0.717) is 0 Å². The van der Waals surface area contributed by atoms with Crippen LogP contribution in [-0.2, 0) is 4.79 Å². The van der Waals surface area contributed by atoms with Gasteiger partial charge in [0.1, 0.15) is 0 Å². The van der Waals surface area contributed by atoms with Gasteiger partial charge >= 0.3 is 0 Å². The van der Waals surface area contributed by atoms with Crippen molar-refractivity contribution in [1.29, 1.82) is 0 Å². The fraction of sp³-hybridized carbons (Fsp3) is 0.308. The molecule has 1 N–H and O–H groups in total. The van der Waals surface area contributed by atoms with E-state index in [1.54, 1.807) is 0 Å². The summed E-state index contributed by atoms with van der Waals surface area (Å²) in [6.07, 6.45) is 8.31. The van der Waals surface area contributed by atoms with Gasteiger partial charge in [0, 0.05) is 5.67 Å². The van der Waals surface area contributed by atoms with Gasteiger partial charge in [-0.15, -0.1) is 26.3 Å². The van der Waals surface area contributed by atoms with Crippen LogP contribution in [-0.4, -0.2) is 20.1 Å². The van der Waals surface area contributed by atoms with Crippen molar-refractivity contribution < 1.29 is 4.79 Å². The lowest BCUT2D eigenvalue weighted by molar-refractivity contribution is -0.109. The Bertz CT molecular complexity index is 247. The number of hydrogen-bond donors (Lipinski definition) is 1. The summed E-state index contributed by atoms with van der Waals surface area (Å²) in [5.41, 5.74) is 0.0407. The smallest absolute Gasteiger partial charge is 0.207 e. The summed E-state index contributed by atoms with van der Waals surface area (Å²) in [5, 5.41) is 2.85. The van der Waals surface area contributed by atoms with Crippen molar-refractivity contribution in [3.63, 3.8) is 0 Å². The van der Waals surface area contributed by atoms with Crippen molar-refractivity contribution in [1.82, 2.24) is 5.32 Å². The van der Waals surface area contributed by atoms with Crippen LogP contribution in [0.2, 0.25) is 18.1 Å². The van der Waals surface area contributed by atoms with Crippen LogP contribution < -0.4 is 5.32 Å². The molecule has 1 unspecified atom stereocenters. The molecule has 0 rings (SSSR count). The van der Waals surface area contributed by atoms with Crippen molar-refractivity contribution in [2.24, 2.45) is 0 Å². The number of allylic oxidation sites excluding steroid dienone is 3. The molecule has 1 amide bonds. The highest BCUT2D eigenvalue weighted by Gasteiger charge is 2.36. The number of rotatable bonds is 10. The van der Waals surface area contributed by atoms with Gasteiger partial charge in [0.15, 0.2) is 0 Å². The predicted molar refractivity (Wildman–Crippen MR) is 74.0 cm³/mol. The maximum Gasteiger partial charge on any atom is 0.207 e. The highest BCUT2D eigenvalue weighted by molar-refractivity contribution is 6.83. The van der Waals surface area contributed by atoms with E-state index in [1.807, 2.05) is 24.3 Å². The van der Waals surface area contributed by atoms with Gasteiger partial charge in [-0.3, -0.25) is 4.79 Å². The third kappa shape index (κ3) is 3.66. The second kappa shape index (κ2) is 7.88. The first kappa shape index (κ1) is 14.6. The van der Waals surface area contributed by atoms with Crippen LogP contribution in [0, 0.1) is 0 Å². The Morgan fingerprint density at radius 2 is 1.44 bits per heavy atom. The van der Waals surface area contributed by atoms with Gasteiger partial charge in [0.05, 0.1) is 8.07 Å². The van der Waals surface area contributed by atoms with E-state index < -0.39 is 8.07 Å². The van der Waals surface area contributed by atoms with E-state index in [4.69, 9.17) is 0 Å². The third-order valence-electron chi connectivity index (χ3n) is 2.80. The minimum absolute atomic E-state index is 0.0407. The highest BCUT2D eigenvalue weighted by atomic mass is 28.3. The molecule has 0 aromatic carbocycles. The van der Waals surface area contributed by atoms with E-state index in [1.165, 1.54) is 0 Å². The molecular weight excluding hydrogens is 214 g/mol. The molecule has 3 heteroatoms. The first-order chi connectivity index (χ1) is 7.70. The molecule has 0 aromatic heterocycles. The zero-order chi connectivity index (χ0) is 12.4. The quantitative estimate of drug-likeness (QED) is 0.352.